The Labute approximate surface area is 149 Å². The van der Waals surface area contributed by atoms with Crippen LogP contribution in [0.2, 0.25) is 0 Å². The number of rotatable bonds is 4. The van der Waals surface area contributed by atoms with E-state index in [2.05, 4.69) is 20.6 Å². The summed E-state index contributed by atoms with van der Waals surface area (Å²) in [7, 11) is 0. The van der Waals surface area contributed by atoms with Gasteiger partial charge >= 0.3 is 0 Å². The highest BCUT2D eigenvalue weighted by molar-refractivity contribution is 6.04. The second-order valence-electron chi connectivity index (χ2n) is 5.76. The first-order valence-electron chi connectivity index (χ1n) is 7.86. The summed E-state index contributed by atoms with van der Waals surface area (Å²) in [6, 6.07) is 11.8. The van der Waals surface area contributed by atoms with Gasteiger partial charge in [0.2, 0.25) is 5.95 Å². The second kappa shape index (κ2) is 7.26. The largest absolute Gasteiger partial charge is 0.324 e. The Kier molecular flexibility index (Phi) is 4.88. The van der Waals surface area contributed by atoms with Gasteiger partial charge in [-0.2, -0.15) is 0 Å². The van der Waals surface area contributed by atoms with Crippen molar-refractivity contribution in [1.82, 2.24) is 9.97 Å². The smallest absolute Gasteiger partial charge is 0.255 e. The van der Waals surface area contributed by atoms with Crippen LogP contribution >= 0.6 is 0 Å². The highest BCUT2D eigenvalue weighted by Crippen LogP contribution is 2.19. The van der Waals surface area contributed by atoms with Gasteiger partial charge in [0.15, 0.2) is 11.6 Å². The third kappa shape index (κ3) is 4.18. The molecule has 1 heterocycles. The fraction of sp³-hybridized carbons (Fsp3) is 0.105. The molecule has 0 aliphatic rings. The van der Waals surface area contributed by atoms with Crippen LogP contribution in [0.3, 0.4) is 0 Å². The predicted octanol–water partition coefficient (Wildman–Crippen LogP) is 4.37. The third-order valence-electron chi connectivity index (χ3n) is 3.54. The number of carbonyl (C=O) groups is 1. The monoisotopic (exact) mass is 354 g/mol. The quantitative estimate of drug-likeness (QED) is 0.730. The highest BCUT2D eigenvalue weighted by Gasteiger charge is 2.10. The third-order valence-corrected chi connectivity index (χ3v) is 3.54. The molecule has 0 aliphatic heterocycles. The molecule has 3 aromatic rings. The second-order valence-corrected chi connectivity index (χ2v) is 5.76. The van der Waals surface area contributed by atoms with Crippen molar-refractivity contribution < 1.29 is 13.6 Å². The van der Waals surface area contributed by atoms with Crippen LogP contribution in [0.4, 0.5) is 26.1 Å². The summed E-state index contributed by atoms with van der Waals surface area (Å²) in [5, 5.41) is 5.72. The normalized spacial score (nSPS) is 10.5. The van der Waals surface area contributed by atoms with E-state index in [-0.39, 0.29) is 5.56 Å². The van der Waals surface area contributed by atoms with Gasteiger partial charge in [0.05, 0.1) is 0 Å². The zero-order chi connectivity index (χ0) is 18.7. The van der Waals surface area contributed by atoms with Gasteiger partial charge in [-0.3, -0.25) is 4.79 Å². The molecule has 26 heavy (non-hydrogen) atoms. The lowest BCUT2D eigenvalue weighted by molar-refractivity contribution is 0.102. The average molecular weight is 354 g/mol. The summed E-state index contributed by atoms with van der Waals surface area (Å²) >= 11 is 0. The molecule has 132 valence electrons. The number of hydrogen-bond donors (Lipinski definition) is 2. The molecule has 0 fully saturated rings. The van der Waals surface area contributed by atoms with Crippen LogP contribution in [0.25, 0.3) is 0 Å². The Morgan fingerprint density at radius 1 is 0.885 bits per heavy atom. The van der Waals surface area contributed by atoms with Crippen molar-refractivity contribution in [2.75, 3.05) is 10.6 Å². The molecular weight excluding hydrogens is 338 g/mol. The lowest BCUT2D eigenvalue weighted by Gasteiger charge is -2.10. The number of anilines is 3. The number of aromatic nitrogens is 2. The van der Waals surface area contributed by atoms with E-state index in [9.17, 15) is 13.6 Å². The van der Waals surface area contributed by atoms with E-state index >= 15 is 0 Å². The van der Waals surface area contributed by atoms with E-state index in [4.69, 9.17) is 0 Å². The zero-order valence-electron chi connectivity index (χ0n) is 14.2. The van der Waals surface area contributed by atoms with Crippen LogP contribution in [0, 0.1) is 25.5 Å². The van der Waals surface area contributed by atoms with Crippen molar-refractivity contribution in [3.05, 3.63) is 77.1 Å². The topological polar surface area (TPSA) is 66.9 Å². The summed E-state index contributed by atoms with van der Waals surface area (Å²) in [6.07, 6.45) is 0. The number of carbonyl (C=O) groups excluding carboxylic acids is 1. The van der Waals surface area contributed by atoms with E-state index < -0.39 is 17.5 Å². The minimum atomic E-state index is -1.07. The number of aryl methyl sites for hydroxylation is 2. The molecule has 0 atom stereocenters. The minimum absolute atomic E-state index is 0.0277. The minimum Gasteiger partial charge on any atom is -0.324 e. The van der Waals surface area contributed by atoms with E-state index in [1.54, 1.807) is 24.3 Å². The molecule has 3 rings (SSSR count). The van der Waals surface area contributed by atoms with Crippen molar-refractivity contribution in [2.24, 2.45) is 0 Å². The Hall–Kier alpha value is -3.35. The van der Waals surface area contributed by atoms with Crippen molar-refractivity contribution in [3.63, 3.8) is 0 Å². The summed E-state index contributed by atoms with van der Waals surface area (Å²) < 4.78 is 26.2. The average Bonchev–Trinajstić information content (AvgIpc) is 2.56. The Balaban J connectivity index is 1.76. The number of nitrogens with one attached hydrogen (secondary N) is 2. The molecule has 0 saturated heterocycles. The number of hydrogen-bond acceptors (Lipinski definition) is 4. The van der Waals surface area contributed by atoms with Crippen LogP contribution in [0.5, 0.6) is 0 Å². The molecule has 1 amide bonds. The maximum atomic E-state index is 13.3. The van der Waals surface area contributed by atoms with Crippen molar-refractivity contribution in [2.45, 2.75) is 13.8 Å². The van der Waals surface area contributed by atoms with Gasteiger partial charge < -0.3 is 10.6 Å². The lowest BCUT2D eigenvalue weighted by atomic mass is 10.2. The Bertz CT molecular complexity index is 955. The molecule has 5 nitrogen and oxygen atoms in total. The standard InChI is InChI=1S/C19H16F2N4O/c1-11-8-12(2)23-19(22-11)25-15-5-3-4-14(10-15)24-18(26)13-6-7-16(20)17(21)9-13/h3-10H,1-2H3,(H,24,26)(H,22,23,25). The summed E-state index contributed by atoms with van der Waals surface area (Å²) in [4.78, 5) is 20.8. The molecule has 7 heteroatoms. The zero-order valence-corrected chi connectivity index (χ0v) is 14.2. The van der Waals surface area contributed by atoms with Crippen molar-refractivity contribution in [1.29, 1.82) is 0 Å². The van der Waals surface area contributed by atoms with Crippen LogP contribution in [0.15, 0.2) is 48.5 Å². The molecule has 0 radical (unpaired) electrons. The fourth-order valence-corrected chi connectivity index (χ4v) is 2.43. The Morgan fingerprint density at radius 3 is 2.27 bits per heavy atom. The molecule has 0 spiro atoms. The van der Waals surface area contributed by atoms with Crippen LogP contribution in [-0.2, 0) is 0 Å². The van der Waals surface area contributed by atoms with Gasteiger partial charge in [-0.25, -0.2) is 18.7 Å². The molecule has 0 saturated carbocycles. The number of halogens is 2. The first-order chi connectivity index (χ1) is 12.4. The van der Waals surface area contributed by atoms with E-state index in [0.717, 1.165) is 23.5 Å². The number of amides is 1. The van der Waals surface area contributed by atoms with Gasteiger partial charge in [-0.15, -0.1) is 0 Å². The predicted molar refractivity (Wildman–Crippen MR) is 95.5 cm³/mol. The van der Waals surface area contributed by atoms with E-state index in [1.165, 1.54) is 6.07 Å². The summed E-state index contributed by atoms with van der Waals surface area (Å²) in [5.41, 5.74) is 2.87. The van der Waals surface area contributed by atoms with Crippen molar-refractivity contribution in [3.8, 4) is 0 Å². The lowest BCUT2D eigenvalue weighted by Crippen LogP contribution is -2.12. The van der Waals surface area contributed by atoms with Gasteiger partial charge in [-0.1, -0.05) is 6.07 Å². The molecular formula is C19H16F2N4O. The van der Waals surface area contributed by atoms with E-state index in [0.29, 0.717) is 17.3 Å². The molecule has 2 N–H and O–H groups in total. The van der Waals surface area contributed by atoms with E-state index in [1.807, 2.05) is 19.9 Å². The summed E-state index contributed by atoms with van der Waals surface area (Å²) in [6.45, 7) is 3.75. The molecule has 0 aliphatic carbocycles. The highest BCUT2D eigenvalue weighted by atomic mass is 19.2. The number of benzene rings is 2. The van der Waals surface area contributed by atoms with Crippen LogP contribution in [-0.4, -0.2) is 15.9 Å². The summed E-state index contributed by atoms with van der Waals surface area (Å²) in [5.74, 6) is -2.16. The SMILES string of the molecule is Cc1cc(C)nc(Nc2cccc(NC(=O)c3ccc(F)c(F)c3)c2)n1. The van der Waals surface area contributed by atoms with Crippen LogP contribution < -0.4 is 10.6 Å². The number of nitrogens with zero attached hydrogens (tertiary/aromatic N) is 2. The van der Waals surface area contributed by atoms with Gasteiger partial charge in [0, 0.05) is 28.3 Å². The molecule has 0 bridgehead atoms. The first-order valence-corrected chi connectivity index (χ1v) is 7.86. The van der Waals surface area contributed by atoms with Gasteiger partial charge in [0.1, 0.15) is 0 Å². The molecule has 1 aromatic heterocycles. The maximum absolute atomic E-state index is 13.3. The Morgan fingerprint density at radius 2 is 1.58 bits per heavy atom. The first kappa shape index (κ1) is 17.5. The molecule has 2 aromatic carbocycles. The van der Waals surface area contributed by atoms with Crippen LogP contribution in [0.1, 0.15) is 21.7 Å². The maximum Gasteiger partial charge on any atom is 0.255 e. The molecule has 0 unspecified atom stereocenters. The van der Waals surface area contributed by atoms with Crippen molar-refractivity contribution >= 4 is 23.2 Å². The van der Waals surface area contributed by atoms with Gasteiger partial charge in [-0.05, 0) is 56.3 Å². The fourth-order valence-electron chi connectivity index (χ4n) is 2.43. The van der Waals surface area contributed by atoms with Gasteiger partial charge in [0.25, 0.3) is 5.91 Å².